The van der Waals surface area contributed by atoms with E-state index in [0.717, 1.165) is 28.5 Å². The molecule has 0 spiro atoms. The summed E-state index contributed by atoms with van der Waals surface area (Å²) in [4.78, 5) is 17.4. The zero-order valence-corrected chi connectivity index (χ0v) is 15.2. The van der Waals surface area contributed by atoms with Crippen molar-refractivity contribution in [3.63, 3.8) is 0 Å². The smallest absolute Gasteiger partial charge is 0.253 e. The van der Waals surface area contributed by atoms with Crippen molar-refractivity contribution >= 4 is 33.4 Å². The molecular weight excluding hydrogens is 342 g/mol. The Labute approximate surface area is 158 Å². The number of aliphatic hydroxyl groups excluding tert-OH is 1. The lowest BCUT2D eigenvalue weighted by atomic mass is 10.0. The maximum atomic E-state index is 12.7. The fraction of sp³-hybridized carbons (Fsp3) is 0.300. The number of aliphatic hydroxyl groups is 1. The molecule has 0 aliphatic rings. The van der Waals surface area contributed by atoms with Gasteiger partial charge in [0, 0.05) is 43.5 Å². The summed E-state index contributed by atoms with van der Waals surface area (Å²) in [6.45, 7) is 2.90. The largest absolute Gasteiger partial charge is 0.395 e. The average molecular weight is 367 g/mol. The van der Waals surface area contributed by atoms with Crippen molar-refractivity contribution in [1.29, 1.82) is 0 Å². The number of para-hydroxylation sites is 2. The summed E-state index contributed by atoms with van der Waals surface area (Å²) in [5, 5.41) is 20.4. The Morgan fingerprint density at radius 3 is 2.63 bits per heavy atom. The summed E-state index contributed by atoms with van der Waals surface area (Å²) in [6.07, 6.45) is 0. The van der Waals surface area contributed by atoms with Crippen LogP contribution in [0.1, 0.15) is 10.4 Å². The van der Waals surface area contributed by atoms with Crippen LogP contribution in [0.25, 0.3) is 21.8 Å². The van der Waals surface area contributed by atoms with Crippen molar-refractivity contribution in [2.24, 2.45) is 5.73 Å². The Morgan fingerprint density at radius 1 is 1.00 bits per heavy atom. The van der Waals surface area contributed by atoms with Crippen LogP contribution in [-0.2, 0) is 0 Å². The SMILES string of the molecule is NCCNCCNC(=O)c1cccc2c(NCCO)c3ccccc3nc12. The minimum atomic E-state index is -0.161. The van der Waals surface area contributed by atoms with Gasteiger partial charge in [0.25, 0.3) is 5.91 Å². The second kappa shape index (κ2) is 9.27. The topological polar surface area (TPSA) is 112 Å². The Morgan fingerprint density at radius 2 is 1.81 bits per heavy atom. The maximum Gasteiger partial charge on any atom is 0.253 e. The molecule has 1 heterocycles. The van der Waals surface area contributed by atoms with Crippen LogP contribution in [-0.4, -0.2) is 55.3 Å². The molecular formula is C20H25N5O2. The van der Waals surface area contributed by atoms with Crippen molar-refractivity contribution in [2.45, 2.75) is 0 Å². The standard InChI is InChI=1S/C20H25N5O2/c21-8-9-22-10-11-24-20(27)16-6-3-5-15-18(23-12-13-26)14-4-1-2-7-17(14)25-19(15)16/h1-7,22,26H,8-13,21H2,(H,23,25)(H,24,27). The van der Waals surface area contributed by atoms with Crippen molar-refractivity contribution in [3.05, 3.63) is 48.0 Å². The summed E-state index contributed by atoms with van der Waals surface area (Å²) >= 11 is 0. The number of nitrogens with one attached hydrogen (secondary N) is 3. The molecule has 7 heteroatoms. The van der Waals surface area contributed by atoms with Gasteiger partial charge in [-0.2, -0.15) is 0 Å². The van der Waals surface area contributed by atoms with Crippen molar-refractivity contribution in [2.75, 3.05) is 44.6 Å². The predicted octanol–water partition coefficient (Wildman–Crippen LogP) is 1.07. The number of pyridine rings is 1. The fourth-order valence-electron chi connectivity index (χ4n) is 3.06. The van der Waals surface area contributed by atoms with Gasteiger partial charge in [-0.05, 0) is 12.1 Å². The molecule has 0 saturated carbocycles. The summed E-state index contributed by atoms with van der Waals surface area (Å²) in [5.41, 5.74) is 8.29. The van der Waals surface area contributed by atoms with E-state index in [1.165, 1.54) is 0 Å². The van der Waals surface area contributed by atoms with Crippen molar-refractivity contribution in [3.8, 4) is 0 Å². The Bertz CT molecular complexity index is 929. The van der Waals surface area contributed by atoms with E-state index in [1.807, 2.05) is 36.4 Å². The summed E-state index contributed by atoms with van der Waals surface area (Å²) < 4.78 is 0. The first-order valence-electron chi connectivity index (χ1n) is 9.11. The number of aromatic nitrogens is 1. The number of amides is 1. The molecule has 0 atom stereocenters. The van der Waals surface area contributed by atoms with Gasteiger partial charge in [-0.1, -0.05) is 30.3 Å². The first kappa shape index (κ1) is 19.0. The molecule has 7 nitrogen and oxygen atoms in total. The molecule has 2 aromatic carbocycles. The average Bonchev–Trinajstić information content (AvgIpc) is 2.70. The quantitative estimate of drug-likeness (QED) is 0.286. The highest BCUT2D eigenvalue weighted by atomic mass is 16.3. The number of carbonyl (C=O) groups is 1. The number of anilines is 1. The van der Waals surface area contributed by atoms with Gasteiger partial charge in [0.05, 0.1) is 28.9 Å². The minimum absolute atomic E-state index is 0.0219. The van der Waals surface area contributed by atoms with E-state index >= 15 is 0 Å². The van der Waals surface area contributed by atoms with Gasteiger partial charge in [-0.15, -0.1) is 0 Å². The highest BCUT2D eigenvalue weighted by Gasteiger charge is 2.15. The number of fused-ring (bicyclic) bond motifs is 2. The molecule has 27 heavy (non-hydrogen) atoms. The van der Waals surface area contributed by atoms with Gasteiger partial charge in [-0.25, -0.2) is 4.98 Å². The number of benzene rings is 2. The minimum Gasteiger partial charge on any atom is -0.395 e. The van der Waals surface area contributed by atoms with Gasteiger partial charge in [0.2, 0.25) is 0 Å². The number of nitrogens with two attached hydrogens (primary N) is 1. The molecule has 0 saturated heterocycles. The van der Waals surface area contributed by atoms with E-state index < -0.39 is 0 Å². The van der Waals surface area contributed by atoms with Crippen LogP contribution in [0.4, 0.5) is 5.69 Å². The normalized spacial score (nSPS) is 11.0. The monoisotopic (exact) mass is 367 g/mol. The number of rotatable bonds is 9. The molecule has 3 rings (SSSR count). The van der Waals surface area contributed by atoms with E-state index in [-0.39, 0.29) is 12.5 Å². The third-order valence-corrected chi connectivity index (χ3v) is 4.28. The zero-order chi connectivity index (χ0) is 19.1. The molecule has 1 amide bonds. The highest BCUT2D eigenvalue weighted by Crippen LogP contribution is 2.32. The van der Waals surface area contributed by atoms with E-state index in [0.29, 0.717) is 37.3 Å². The molecule has 0 radical (unpaired) electrons. The van der Waals surface area contributed by atoms with Gasteiger partial charge < -0.3 is 26.8 Å². The second-order valence-electron chi connectivity index (χ2n) is 6.15. The molecule has 3 aromatic rings. The summed E-state index contributed by atoms with van der Waals surface area (Å²) in [5.74, 6) is -0.161. The third-order valence-electron chi connectivity index (χ3n) is 4.28. The fourth-order valence-corrected chi connectivity index (χ4v) is 3.06. The maximum absolute atomic E-state index is 12.7. The van der Waals surface area contributed by atoms with Crippen LogP contribution in [0.2, 0.25) is 0 Å². The van der Waals surface area contributed by atoms with Gasteiger partial charge in [0.15, 0.2) is 0 Å². The number of carbonyl (C=O) groups excluding carboxylic acids is 1. The molecule has 1 aromatic heterocycles. The number of hydrogen-bond donors (Lipinski definition) is 5. The molecule has 0 aliphatic carbocycles. The van der Waals surface area contributed by atoms with Crippen LogP contribution in [0.3, 0.4) is 0 Å². The van der Waals surface area contributed by atoms with Crippen LogP contribution < -0.4 is 21.7 Å². The van der Waals surface area contributed by atoms with E-state index in [9.17, 15) is 9.90 Å². The predicted molar refractivity (Wildman–Crippen MR) is 109 cm³/mol. The van der Waals surface area contributed by atoms with Crippen LogP contribution in [0.15, 0.2) is 42.5 Å². The second-order valence-corrected chi connectivity index (χ2v) is 6.15. The molecule has 6 N–H and O–H groups in total. The highest BCUT2D eigenvalue weighted by molar-refractivity contribution is 6.14. The van der Waals surface area contributed by atoms with Gasteiger partial charge in [-0.3, -0.25) is 4.79 Å². The van der Waals surface area contributed by atoms with Gasteiger partial charge in [0.1, 0.15) is 0 Å². The Hall–Kier alpha value is -2.74. The van der Waals surface area contributed by atoms with Crippen LogP contribution in [0, 0.1) is 0 Å². The molecule has 0 fully saturated rings. The lowest BCUT2D eigenvalue weighted by molar-refractivity contribution is 0.0955. The van der Waals surface area contributed by atoms with Crippen LogP contribution >= 0.6 is 0 Å². The Kier molecular flexibility index (Phi) is 6.54. The Balaban J connectivity index is 1.97. The van der Waals surface area contributed by atoms with E-state index in [2.05, 4.69) is 16.0 Å². The molecule has 0 aliphatic heterocycles. The summed E-state index contributed by atoms with van der Waals surface area (Å²) in [6, 6.07) is 13.3. The molecule has 0 unspecified atom stereocenters. The van der Waals surface area contributed by atoms with Crippen molar-refractivity contribution < 1.29 is 9.90 Å². The summed E-state index contributed by atoms with van der Waals surface area (Å²) in [7, 11) is 0. The molecule has 142 valence electrons. The third kappa shape index (κ3) is 4.33. The van der Waals surface area contributed by atoms with Crippen LogP contribution in [0.5, 0.6) is 0 Å². The molecule has 0 bridgehead atoms. The van der Waals surface area contributed by atoms with E-state index in [1.54, 1.807) is 6.07 Å². The van der Waals surface area contributed by atoms with E-state index in [4.69, 9.17) is 10.7 Å². The lowest BCUT2D eigenvalue weighted by Crippen LogP contribution is -2.33. The zero-order valence-electron chi connectivity index (χ0n) is 15.2. The first-order valence-corrected chi connectivity index (χ1v) is 9.11. The lowest BCUT2D eigenvalue weighted by Gasteiger charge is -2.14. The first-order chi connectivity index (χ1) is 13.3. The van der Waals surface area contributed by atoms with Gasteiger partial charge >= 0.3 is 0 Å². The number of hydrogen-bond acceptors (Lipinski definition) is 6. The number of nitrogens with zero attached hydrogens (tertiary/aromatic N) is 1. The van der Waals surface area contributed by atoms with Crippen molar-refractivity contribution in [1.82, 2.24) is 15.6 Å².